The lowest BCUT2D eigenvalue weighted by atomic mass is 10.0. The number of alkyl carbamates (subject to hydrolysis) is 1. The Kier molecular flexibility index (Phi) is 7.29. The number of nitrogens with zero attached hydrogens (tertiary/aromatic N) is 2. The van der Waals surface area contributed by atoms with Crippen molar-refractivity contribution in [1.29, 1.82) is 0 Å². The van der Waals surface area contributed by atoms with E-state index in [9.17, 15) is 13.2 Å². The Morgan fingerprint density at radius 3 is 2.38 bits per heavy atom. The fourth-order valence-electron chi connectivity index (χ4n) is 2.49. The van der Waals surface area contributed by atoms with Crippen LogP contribution in [0.15, 0.2) is 33.9 Å². The summed E-state index contributed by atoms with van der Waals surface area (Å²) >= 11 is 5.83. The molecule has 0 aliphatic carbocycles. The molecular weight excluding hydrogens is 418 g/mol. The fraction of sp³-hybridized carbons (Fsp3) is 0.526. The minimum absolute atomic E-state index is 0.0132. The molecule has 0 radical (unpaired) electrons. The molecule has 0 fully saturated rings. The first kappa shape index (κ1) is 23.2. The molecule has 2 rings (SSSR count). The zero-order chi connectivity index (χ0) is 21.8. The number of hydrogen-bond donors (Lipinski definition) is 1. The molecule has 0 aliphatic rings. The Balaban J connectivity index is 2.20. The predicted octanol–water partition coefficient (Wildman–Crippen LogP) is 4.31. The first-order valence-electron chi connectivity index (χ1n) is 9.16. The zero-order valence-corrected chi connectivity index (χ0v) is 18.7. The number of ether oxygens (including phenoxy) is 1. The summed E-state index contributed by atoms with van der Waals surface area (Å²) in [6.45, 7) is 9.16. The van der Waals surface area contributed by atoms with Gasteiger partial charge < -0.3 is 14.5 Å². The maximum atomic E-state index is 12.6. The fourth-order valence-corrected chi connectivity index (χ4v) is 3.75. The van der Waals surface area contributed by atoms with Gasteiger partial charge >= 0.3 is 11.3 Å². The Bertz CT molecular complexity index is 933. The molecule has 160 valence electrons. The van der Waals surface area contributed by atoms with Gasteiger partial charge in [-0.25, -0.2) is 13.2 Å². The summed E-state index contributed by atoms with van der Waals surface area (Å²) in [7, 11) is -3.85. The summed E-state index contributed by atoms with van der Waals surface area (Å²) in [6.07, 6.45) is -0.176. The van der Waals surface area contributed by atoms with Gasteiger partial charge in [0.15, 0.2) is 0 Å². The van der Waals surface area contributed by atoms with Crippen LogP contribution in [-0.2, 0) is 20.3 Å². The predicted molar refractivity (Wildman–Crippen MR) is 108 cm³/mol. The van der Waals surface area contributed by atoms with Crippen LogP contribution >= 0.6 is 11.6 Å². The van der Waals surface area contributed by atoms with Crippen molar-refractivity contribution in [3.05, 3.63) is 40.7 Å². The molecule has 0 aliphatic heterocycles. The number of hydrogen-bond acceptors (Lipinski definition) is 7. The van der Waals surface area contributed by atoms with Crippen molar-refractivity contribution in [3.63, 3.8) is 0 Å². The van der Waals surface area contributed by atoms with Gasteiger partial charge in [-0.05, 0) is 50.8 Å². The van der Waals surface area contributed by atoms with Crippen LogP contribution in [0.2, 0.25) is 5.02 Å². The van der Waals surface area contributed by atoms with Gasteiger partial charge in [0.25, 0.3) is 0 Å². The Morgan fingerprint density at radius 2 is 1.83 bits per heavy atom. The van der Waals surface area contributed by atoms with Gasteiger partial charge in [0.05, 0.1) is 5.75 Å². The standard InChI is InChI=1S/C19H26ClN3O5S/c1-12(2)10-15(21-17(24)28-19(3,4)5)16-22-23-18(27-16)29(25,26)11-13-6-8-14(20)9-7-13/h6-9,12,15H,10-11H2,1-5H3,(H,21,24). The van der Waals surface area contributed by atoms with Crippen molar-refractivity contribution in [2.75, 3.05) is 0 Å². The molecule has 1 aromatic heterocycles. The van der Waals surface area contributed by atoms with E-state index in [1.807, 2.05) is 13.8 Å². The van der Waals surface area contributed by atoms with Crippen molar-refractivity contribution in [3.8, 4) is 0 Å². The number of nitrogens with one attached hydrogen (secondary N) is 1. The van der Waals surface area contributed by atoms with Gasteiger partial charge in [-0.2, -0.15) is 0 Å². The highest BCUT2D eigenvalue weighted by Gasteiger charge is 2.29. The zero-order valence-electron chi connectivity index (χ0n) is 17.1. The second kappa shape index (κ2) is 9.13. The topological polar surface area (TPSA) is 111 Å². The minimum Gasteiger partial charge on any atom is -0.444 e. The van der Waals surface area contributed by atoms with E-state index < -0.39 is 32.8 Å². The summed E-state index contributed by atoms with van der Waals surface area (Å²) in [6, 6.07) is 5.77. The van der Waals surface area contributed by atoms with Crippen molar-refractivity contribution in [2.24, 2.45) is 5.92 Å². The van der Waals surface area contributed by atoms with Crippen LogP contribution in [0.25, 0.3) is 0 Å². The second-order valence-electron chi connectivity index (χ2n) is 8.12. The smallest absolute Gasteiger partial charge is 0.408 e. The molecule has 0 bridgehead atoms. The average molecular weight is 444 g/mol. The molecule has 29 heavy (non-hydrogen) atoms. The molecule has 1 heterocycles. The van der Waals surface area contributed by atoms with Gasteiger partial charge in [0, 0.05) is 5.02 Å². The van der Waals surface area contributed by atoms with Gasteiger partial charge in [-0.15, -0.1) is 5.10 Å². The second-order valence-corrected chi connectivity index (χ2v) is 10.4. The number of benzene rings is 1. The normalized spacial score (nSPS) is 13.3. The summed E-state index contributed by atoms with van der Waals surface area (Å²) in [4.78, 5) is 12.1. The van der Waals surface area contributed by atoms with E-state index in [0.29, 0.717) is 17.0 Å². The molecule has 2 aromatic rings. The highest BCUT2D eigenvalue weighted by molar-refractivity contribution is 7.90. The van der Waals surface area contributed by atoms with Crippen LogP contribution in [0.5, 0.6) is 0 Å². The van der Waals surface area contributed by atoms with Crippen LogP contribution < -0.4 is 5.32 Å². The molecule has 0 spiro atoms. The summed E-state index contributed by atoms with van der Waals surface area (Å²) in [5.74, 6) is -0.115. The Labute approximate surface area is 175 Å². The lowest BCUT2D eigenvalue weighted by Gasteiger charge is -2.22. The molecule has 10 heteroatoms. The number of sulfone groups is 1. The van der Waals surface area contributed by atoms with Gasteiger partial charge in [0.2, 0.25) is 15.7 Å². The molecule has 0 saturated carbocycles. The summed E-state index contributed by atoms with van der Waals surface area (Å²) in [5, 5.41) is 10.2. The van der Waals surface area contributed by atoms with Crippen molar-refractivity contribution >= 4 is 27.5 Å². The quantitative estimate of drug-likeness (QED) is 0.678. The maximum Gasteiger partial charge on any atom is 0.408 e. The van der Waals surface area contributed by atoms with E-state index >= 15 is 0 Å². The average Bonchev–Trinajstić information content (AvgIpc) is 3.05. The molecule has 0 saturated heterocycles. The van der Waals surface area contributed by atoms with E-state index in [1.54, 1.807) is 45.0 Å². The molecule has 1 aromatic carbocycles. The highest BCUT2D eigenvalue weighted by Crippen LogP contribution is 2.24. The minimum atomic E-state index is -3.85. The first-order chi connectivity index (χ1) is 13.4. The van der Waals surface area contributed by atoms with Gasteiger partial charge in [0.1, 0.15) is 11.6 Å². The largest absolute Gasteiger partial charge is 0.444 e. The van der Waals surface area contributed by atoms with Crippen molar-refractivity contribution in [2.45, 2.75) is 63.7 Å². The molecule has 1 atom stereocenters. The van der Waals surface area contributed by atoms with E-state index in [4.69, 9.17) is 20.8 Å². The van der Waals surface area contributed by atoms with Crippen LogP contribution in [0.4, 0.5) is 4.79 Å². The van der Waals surface area contributed by atoms with E-state index in [-0.39, 0.29) is 17.6 Å². The third-order valence-electron chi connectivity index (χ3n) is 3.65. The highest BCUT2D eigenvalue weighted by atomic mass is 35.5. The van der Waals surface area contributed by atoms with Gasteiger partial charge in [-0.1, -0.05) is 42.7 Å². The van der Waals surface area contributed by atoms with Crippen LogP contribution in [0.3, 0.4) is 0 Å². The van der Waals surface area contributed by atoms with E-state index in [1.165, 1.54) is 0 Å². The summed E-state index contributed by atoms with van der Waals surface area (Å²) < 4.78 is 35.9. The molecule has 1 amide bonds. The van der Waals surface area contributed by atoms with Crippen molar-refractivity contribution < 1.29 is 22.4 Å². The third kappa shape index (κ3) is 7.32. The SMILES string of the molecule is CC(C)CC(NC(=O)OC(C)(C)C)c1nnc(S(=O)(=O)Cc2ccc(Cl)cc2)o1. The molecular formula is C19H26ClN3O5S. The number of aromatic nitrogens is 2. The molecule has 8 nitrogen and oxygen atoms in total. The van der Waals surface area contributed by atoms with Crippen LogP contribution in [-0.4, -0.2) is 30.3 Å². The number of carbonyl (C=O) groups is 1. The number of amides is 1. The van der Waals surface area contributed by atoms with Crippen molar-refractivity contribution in [1.82, 2.24) is 15.5 Å². The monoisotopic (exact) mass is 443 g/mol. The Morgan fingerprint density at radius 1 is 1.21 bits per heavy atom. The van der Waals surface area contributed by atoms with Crippen LogP contribution in [0.1, 0.15) is 58.5 Å². The number of rotatable bonds is 7. The molecule has 1 N–H and O–H groups in total. The van der Waals surface area contributed by atoms with E-state index in [0.717, 1.165) is 0 Å². The third-order valence-corrected chi connectivity index (χ3v) is 5.32. The Hall–Kier alpha value is -2.13. The van der Waals surface area contributed by atoms with E-state index in [2.05, 4.69) is 15.5 Å². The van der Waals surface area contributed by atoms with Gasteiger partial charge in [-0.3, -0.25) is 0 Å². The van der Waals surface area contributed by atoms with Crippen LogP contribution in [0, 0.1) is 5.92 Å². The number of carbonyl (C=O) groups excluding carboxylic acids is 1. The first-order valence-corrected chi connectivity index (χ1v) is 11.2. The lowest BCUT2D eigenvalue weighted by molar-refractivity contribution is 0.0487. The summed E-state index contributed by atoms with van der Waals surface area (Å²) in [5.41, 5.74) is -0.131. The molecule has 1 unspecified atom stereocenters. The lowest BCUT2D eigenvalue weighted by Crippen LogP contribution is -2.35. The maximum absolute atomic E-state index is 12.6. The number of halogens is 1.